The Morgan fingerprint density at radius 1 is 1.06 bits per heavy atom. The van der Waals surface area contributed by atoms with Crippen LogP contribution >= 0.6 is 0 Å². The molecule has 0 N–H and O–H groups in total. The van der Waals surface area contributed by atoms with Gasteiger partial charge < -0.3 is 19.1 Å². The van der Waals surface area contributed by atoms with E-state index in [1.807, 2.05) is 0 Å². The Kier molecular flexibility index (Phi) is 5.46. The van der Waals surface area contributed by atoms with E-state index >= 15 is 0 Å². The lowest BCUT2D eigenvalue weighted by Crippen LogP contribution is -2.38. The second-order valence-electron chi connectivity index (χ2n) is 7.84. The maximum atomic E-state index is 13.1. The van der Waals surface area contributed by atoms with Crippen LogP contribution in [0.1, 0.15) is 29.0 Å². The number of piperidine rings is 1. The van der Waals surface area contributed by atoms with Gasteiger partial charge in [-0.2, -0.15) is 17.7 Å². The average Bonchev–Trinajstić information content (AvgIpc) is 3.48. The van der Waals surface area contributed by atoms with Crippen molar-refractivity contribution in [3.63, 3.8) is 0 Å². The topological polar surface area (TPSA) is 108 Å². The standard InChI is InChI=1S/C21H18F3N5O5/c22-21(23,24)20-26-25-17-3-4-18(27-29(17)20)28-7-5-12(6-8-28)19(31)32-10-14(30)13-1-2-15-16(9-13)34-11-33-15/h1-4,9,12H,5-8,10-11H2. The van der Waals surface area contributed by atoms with Crippen molar-refractivity contribution < 1.29 is 37.0 Å². The number of carbonyl (C=O) groups is 2. The molecule has 4 heterocycles. The lowest BCUT2D eigenvalue weighted by Gasteiger charge is -2.31. The van der Waals surface area contributed by atoms with Gasteiger partial charge in [-0.1, -0.05) is 0 Å². The number of alkyl halides is 3. The van der Waals surface area contributed by atoms with Gasteiger partial charge in [-0.25, -0.2) is 0 Å². The van der Waals surface area contributed by atoms with E-state index in [0.717, 1.165) is 0 Å². The summed E-state index contributed by atoms with van der Waals surface area (Å²) in [5, 5.41) is 10.7. The number of carbonyl (C=O) groups excluding carboxylic acids is 2. The number of fused-ring (bicyclic) bond motifs is 2. The van der Waals surface area contributed by atoms with Gasteiger partial charge in [0, 0.05) is 18.7 Å². The summed E-state index contributed by atoms with van der Waals surface area (Å²) in [5.74, 6) is -1.15. The number of anilines is 1. The Labute approximate surface area is 190 Å². The van der Waals surface area contributed by atoms with Crippen molar-refractivity contribution in [1.29, 1.82) is 0 Å². The van der Waals surface area contributed by atoms with Gasteiger partial charge in [0.2, 0.25) is 6.79 Å². The number of Topliss-reactive ketones (excluding diaryl/α,β-unsaturated/α-hetero) is 1. The van der Waals surface area contributed by atoms with Crippen LogP contribution in [0.5, 0.6) is 11.5 Å². The molecule has 178 valence electrons. The van der Waals surface area contributed by atoms with Crippen LogP contribution in [0, 0.1) is 5.92 Å². The van der Waals surface area contributed by atoms with Crippen LogP contribution < -0.4 is 14.4 Å². The molecule has 13 heteroatoms. The van der Waals surface area contributed by atoms with E-state index in [2.05, 4.69) is 15.3 Å². The molecule has 0 aliphatic carbocycles. The van der Waals surface area contributed by atoms with E-state index in [4.69, 9.17) is 14.2 Å². The van der Waals surface area contributed by atoms with Gasteiger partial charge in [-0.05, 0) is 43.2 Å². The molecule has 1 saturated heterocycles. The molecule has 0 amide bonds. The van der Waals surface area contributed by atoms with Gasteiger partial charge in [0.1, 0.15) is 5.82 Å². The van der Waals surface area contributed by atoms with Gasteiger partial charge in [-0.3, -0.25) is 9.59 Å². The van der Waals surface area contributed by atoms with Crippen molar-refractivity contribution in [1.82, 2.24) is 19.8 Å². The molecule has 0 radical (unpaired) electrons. The van der Waals surface area contributed by atoms with Gasteiger partial charge in [0.25, 0.3) is 5.82 Å². The van der Waals surface area contributed by atoms with E-state index in [1.54, 1.807) is 29.2 Å². The fourth-order valence-electron chi connectivity index (χ4n) is 3.88. The largest absolute Gasteiger partial charge is 0.457 e. The Balaban J connectivity index is 1.17. The predicted octanol–water partition coefficient (Wildman–Crippen LogP) is 2.51. The number of ether oxygens (including phenoxy) is 3. The van der Waals surface area contributed by atoms with Crippen LogP contribution in [-0.4, -0.2) is 58.1 Å². The number of halogens is 3. The Morgan fingerprint density at radius 3 is 2.59 bits per heavy atom. The summed E-state index contributed by atoms with van der Waals surface area (Å²) in [6, 6.07) is 7.71. The third-order valence-corrected chi connectivity index (χ3v) is 5.69. The summed E-state index contributed by atoms with van der Waals surface area (Å²) >= 11 is 0. The first-order valence-corrected chi connectivity index (χ1v) is 10.4. The molecule has 0 spiro atoms. The van der Waals surface area contributed by atoms with Gasteiger partial charge >= 0.3 is 12.1 Å². The van der Waals surface area contributed by atoms with E-state index in [0.29, 0.717) is 53.3 Å². The summed E-state index contributed by atoms with van der Waals surface area (Å²) < 4.78 is 55.6. The van der Waals surface area contributed by atoms with Crippen LogP contribution in [0.3, 0.4) is 0 Å². The summed E-state index contributed by atoms with van der Waals surface area (Å²) in [7, 11) is 0. The van der Waals surface area contributed by atoms with Crippen molar-refractivity contribution >= 4 is 23.2 Å². The summed E-state index contributed by atoms with van der Waals surface area (Å²) in [5.41, 5.74) is 0.335. The smallest absolute Gasteiger partial charge is 0.453 e. The first-order chi connectivity index (χ1) is 16.3. The number of esters is 1. The Bertz CT molecular complexity index is 1250. The van der Waals surface area contributed by atoms with Crippen molar-refractivity contribution in [2.24, 2.45) is 5.92 Å². The third-order valence-electron chi connectivity index (χ3n) is 5.69. The molecule has 1 aromatic carbocycles. The minimum Gasteiger partial charge on any atom is -0.457 e. The average molecular weight is 477 g/mol. The van der Waals surface area contributed by atoms with E-state index in [-0.39, 0.29) is 18.2 Å². The second-order valence-corrected chi connectivity index (χ2v) is 7.84. The molecule has 2 aliphatic rings. The van der Waals surface area contributed by atoms with Crippen LogP contribution in [0.15, 0.2) is 30.3 Å². The molecule has 0 bridgehead atoms. The monoisotopic (exact) mass is 477 g/mol. The number of hydrogen-bond donors (Lipinski definition) is 0. The summed E-state index contributed by atoms with van der Waals surface area (Å²) in [6.45, 7) is 0.465. The third kappa shape index (κ3) is 4.20. The van der Waals surface area contributed by atoms with Crippen LogP contribution in [0.4, 0.5) is 19.0 Å². The lowest BCUT2D eigenvalue weighted by atomic mass is 9.97. The highest BCUT2D eigenvalue weighted by Gasteiger charge is 2.38. The predicted molar refractivity (Wildman–Crippen MR) is 109 cm³/mol. The molecule has 5 rings (SSSR count). The van der Waals surface area contributed by atoms with Crippen LogP contribution in [0.25, 0.3) is 5.65 Å². The van der Waals surface area contributed by atoms with E-state index in [1.165, 1.54) is 6.07 Å². The molecule has 34 heavy (non-hydrogen) atoms. The first kappa shape index (κ1) is 21.9. The van der Waals surface area contributed by atoms with Crippen LogP contribution in [0.2, 0.25) is 0 Å². The summed E-state index contributed by atoms with van der Waals surface area (Å²) in [6.07, 6.45) is -3.87. The maximum absolute atomic E-state index is 13.1. The molecule has 1 fully saturated rings. The number of rotatable bonds is 5. The first-order valence-electron chi connectivity index (χ1n) is 10.4. The van der Waals surface area contributed by atoms with E-state index < -0.39 is 30.5 Å². The SMILES string of the molecule is O=C(COC(=O)C1CCN(c2ccc3nnc(C(F)(F)F)n3n2)CC1)c1ccc2c(c1)OCO2. The molecular weight excluding hydrogens is 459 g/mol. The quantitative estimate of drug-likeness (QED) is 0.405. The number of hydrogen-bond acceptors (Lipinski definition) is 9. The highest BCUT2D eigenvalue weighted by Crippen LogP contribution is 2.33. The number of nitrogens with zero attached hydrogens (tertiary/aromatic N) is 5. The van der Waals surface area contributed by atoms with Gasteiger partial charge in [0.15, 0.2) is 29.5 Å². The van der Waals surface area contributed by atoms with Gasteiger partial charge in [0.05, 0.1) is 5.92 Å². The number of aromatic nitrogens is 4. The molecule has 2 aliphatic heterocycles. The van der Waals surface area contributed by atoms with Crippen molar-refractivity contribution in [3.8, 4) is 11.5 Å². The highest BCUT2D eigenvalue weighted by atomic mass is 19.4. The molecule has 10 nitrogen and oxygen atoms in total. The zero-order valence-corrected chi connectivity index (χ0v) is 17.6. The Hall–Kier alpha value is -3.90. The Morgan fingerprint density at radius 2 is 1.82 bits per heavy atom. The molecule has 0 atom stereocenters. The fourth-order valence-corrected chi connectivity index (χ4v) is 3.88. The minimum atomic E-state index is -4.68. The molecule has 0 unspecified atom stereocenters. The lowest BCUT2D eigenvalue weighted by molar-refractivity contribution is -0.148. The molecular formula is C21H18F3N5O5. The highest BCUT2D eigenvalue weighted by molar-refractivity contribution is 5.98. The van der Waals surface area contributed by atoms with Crippen LogP contribution in [-0.2, 0) is 15.7 Å². The van der Waals surface area contributed by atoms with Crippen molar-refractivity contribution in [2.75, 3.05) is 31.4 Å². The normalized spacial score (nSPS) is 16.1. The number of benzene rings is 1. The van der Waals surface area contributed by atoms with Gasteiger partial charge in [-0.15, -0.1) is 15.3 Å². The number of ketones is 1. The minimum absolute atomic E-state index is 0.0123. The van der Waals surface area contributed by atoms with Crippen molar-refractivity contribution in [3.05, 3.63) is 41.7 Å². The zero-order valence-electron chi connectivity index (χ0n) is 17.6. The summed E-state index contributed by atoms with van der Waals surface area (Å²) in [4.78, 5) is 26.6. The molecule has 2 aromatic heterocycles. The fraction of sp³-hybridized carbons (Fsp3) is 0.381. The zero-order chi connectivity index (χ0) is 23.9. The van der Waals surface area contributed by atoms with Crippen molar-refractivity contribution in [2.45, 2.75) is 19.0 Å². The van der Waals surface area contributed by atoms with E-state index in [9.17, 15) is 22.8 Å². The molecule has 0 saturated carbocycles. The second kappa shape index (κ2) is 8.47. The molecule has 3 aromatic rings. The maximum Gasteiger partial charge on any atom is 0.453 e.